The van der Waals surface area contributed by atoms with E-state index >= 15 is 0 Å². The van der Waals surface area contributed by atoms with Gasteiger partial charge in [0.05, 0.1) is 0 Å². The van der Waals surface area contributed by atoms with Crippen LogP contribution in [0.5, 0.6) is 0 Å². The van der Waals surface area contributed by atoms with E-state index in [1.54, 1.807) is 0 Å². The summed E-state index contributed by atoms with van der Waals surface area (Å²) >= 11 is 6.92. The number of hydrogen-bond acceptors (Lipinski definition) is 3. The highest BCUT2D eigenvalue weighted by atomic mass is 35.6. The first-order valence-corrected chi connectivity index (χ1v) is 15.3. The minimum Gasteiger partial charge on any atom is -0.361 e. The molecule has 5 heteroatoms. The van der Waals surface area contributed by atoms with Crippen LogP contribution >= 0.6 is 11.1 Å². The van der Waals surface area contributed by atoms with Gasteiger partial charge in [0, 0.05) is 19.8 Å². The van der Waals surface area contributed by atoms with Crippen LogP contribution in [0.2, 0.25) is 0 Å². The van der Waals surface area contributed by atoms with Crippen LogP contribution in [0.4, 0.5) is 0 Å². The van der Waals surface area contributed by atoms with Crippen LogP contribution in [-0.4, -0.2) is 27.9 Å². The summed E-state index contributed by atoms with van der Waals surface area (Å²) in [5.74, 6) is 1.62. The highest BCUT2D eigenvalue weighted by Gasteiger charge is 2.41. The predicted octanol–water partition coefficient (Wildman–Crippen LogP) is 8.36. The number of hydrogen-bond donors (Lipinski definition) is 0. The summed E-state index contributed by atoms with van der Waals surface area (Å²) in [6.07, 6.45) is 14.3. The zero-order valence-electron chi connectivity index (χ0n) is 20.4. The standard InChI is InChI=1S/C24H51ClO3Si/c1-7-13-16-22(10-4)19-26-29(25,27-20-23(11-5)17-14-8-2)28-21-24(12-6)18-15-9-3/h22-24H,7-21H2,1-6H3. The van der Waals surface area contributed by atoms with E-state index in [-0.39, 0.29) is 0 Å². The molecule has 0 aliphatic rings. The van der Waals surface area contributed by atoms with Gasteiger partial charge in [-0.15, -0.1) is 0 Å². The van der Waals surface area contributed by atoms with E-state index in [0.29, 0.717) is 37.6 Å². The Labute approximate surface area is 188 Å². The Morgan fingerprint density at radius 1 is 0.552 bits per heavy atom. The van der Waals surface area contributed by atoms with E-state index in [0.717, 1.165) is 19.3 Å². The molecule has 0 heterocycles. The van der Waals surface area contributed by atoms with Crippen LogP contribution in [0.15, 0.2) is 0 Å². The molecule has 0 aliphatic carbocycles. The zero-order chi connectivity index (χ0) is 22.0. The molecule has 0 aromatic rings. The maximum Gasteiger partial charge on any atom is 0.613 e. The third-order valence-electron chi connectivity index (χ3n) is 6.10. The Morgan fingerprint density at radius 2 is 0.828 bits per heavy atom. The molecule has 0 N–H and O–H groups in total. The molecule has 0 amide bonds. The first-order chi connectivity index (χ1) is 14.0. The molecule has 0 aromatic heterocycles. The molecule has 0 spiro atoms. The van der Waals surface area contributed by atoms with Gasteiger partial charge in [0.15, 0.2) is 0 Å². The van der Waals surface area contributed by atoms with Crippen molar-refractivity contribution in [2.45, 2.75) is 119 Å². The zero-order valence-corrected chi connectivity index (χ0v) is 22.2. The molecule has 0 rings (SSSR count). The second kappa shape index (κ2) is 19.1. The van der Waals surface area contributed by atoms with Gasteiger partial charge in [-0.25, -0.2) is 0 Å². The van der Waals surface area contributed by atoms with Crippen LogP contribution in [0, 0.1) is 17.8 Å². The van der Waals surface area contributed by atoms with E-state index in [2.05, 4.69) is 41.5 Å². The monoisotopic (exact) mass is 450 g/mol. The van der Waals surface area contributed by atoms with E-state index in [1.807, 2.05) is 0 Å². The van der Waals surface area contributed by atoms with Crippen molar-refractivity contribution in [3.63, 3.8) is 0 Å². The fourth-order valence-electron chi connectivity index (χ4n) is 3.47. The lowest BCUT2D eigenvalue weighted by atomic mass is 10.0. The molecule has 0 saturated heterocycles. The van der Waals surface area contributed by atoms with E-state index < -0.39 is 8.11 Å². The Balaban J connectivity index is 4.88. The van der Waals surface area contributed by atoms with Crippen molar-refractivity contribution in [3.05, 3.63) is 0 Å². The quantitative estimate of drug-likeness (QED) is 0.130. The van der Waals surface area contributed by atoms with E-state index in [9.17, 15) is 0 Å². The summed E-state index contributed by atoms with van der Waals surface area (Å²) in [5, 5.41) is 0. The largest absolute Gasteiger partial charge is 0.613 e. The number of unbranched alkanes of at least 4 members (excludes halogenated alkanes) is 3. The molecule has 0 aromatic carbocycles. The summed E-state index contributed by atoms with van der Waals surface area (Å²) in [5.41, 5.74) is 0. The minimum absolute atomic E-state index is 0.539. The molecule has 0 saturated carbocycles. The lowest BCUT2D eigenvalue weighted by Gasteiger charge is -2.29. The van der Waals surface area contributed by atoms with Crippen LogP contribution in [-0.2, 0) is 13.3 Å². The first-order valence-electron chi connectivity index (χ1n) is 12.6. The second-order valence-electron chi connectivity index (χ2n) is 8.66. The Hall–Kier alpha value is 0.387. The van der Waals surface area contributed by atoms with Crippen molar-refractivity contribution in [1.82, 2.24) is 0 Å². The van der Waals surface area contributed by atoms with E-state index in [1.165, 1.54) is 57.8 Å². The van der Waals surface area contributed by atoms with Gasteiger partial charge in [-0.3, -0.25) is 0 Å². The van der Waals surface area contributed by atoms with Crippen molar-refractivity contribution in [2.24, 2.45) is 17.8 Å². The molecule has 176 valence electrons. The van der Waals surface area contributed by atoms with Gasteiger partial charge in [-0.1, -0.05) is 110 Å². The lowest BCUT2D eigenvalue weighted by Crippen LogP contribution is -2.43. The van der Waals surface area contributed by atoms with E-state index in [4.69, 9.17) is 24.4 Å². The van der Waals surface area contributed by atoms with Crippen molar-refractivity contribution in [1.29, 1.82) is 0 Å². The topological polar surface area (TPSA) is 27.7 Å². The summed E-state index contributed by atoms with van der Waals surface area (Å²) in [4.78, 5) is 0. The van der Waals surface area contributed by atoms with Crippen molar-refractivity contribution >= 4 is 19.2 Å². The van der Waals surface area contributed by atoms with Crippen LogP contribution in [0.1, 0.15) is 119 Å². The van der Waals surface area contributed by atoms with Gasteiger partial charge in [-0.05, 0) is 37.0 Å². The predicted molar refractivity (Wildman–Crippen MR) is 129 cm³/mol. The molecular formula is C24H51ClO3Si. The molecule has 3 unspecified atom stereocenters. The third-order valence-corrected chi connectivity index (χ3v) is 8.62. The number of rotatable bonds is 21. The summed E-state index contributed by atoms with van der Waals surface area (Å²) in [6.45, 7) is 15.4. The molecule has 3 atom stereocenters. The normalized spacial score (nSPS) is 17.1. The maximum atomic E-state index is 6.92. The molecule has 0 bridgehead atoms. The average Bonchev–Trinajstić information content (AvgIpc) is 2.74. The second-order valence-corrected chi connectivity index (χ2v) is 11.9. The first kappa shape index (κ1) is 29.4. The molecule has 0 radical (unpaired) electrons. The highest BCUT2D eigenvalue weighted by Crippen LogP contribution is 2.25. The number of halogens is 1. The smallest absolute Gasteiger partial charge is 0.361 e. The van der Waals surface area contributed by atoms with Crippen molar-refractivity contribution in [2.75, 3.05) is 19.8 Å². The summed E-state index contributed by atoms with van der Waals surface area (Å²) < 4.78 is 18.7. The van der Waals surface area contributed by atoms with Crippen LogP contribution < -0.4 is 0 Å². The van der Waals surface area contributed by atoms with Crippen LogP contribution in [0.3, 0.4) is 0 Å². The van der Waals surface area contributed by atoms with Gasteiger partial charge in [0.1, 0.15) is 0 Å². The fraction of sp³-hybridized carbons (Fsp3) is 1.00. The summed E-state index contributed by atoms with van der Waals surface area (Å²) in [7, 11) is -3.13. The van der Waals surface area contributed by atoms with Gasteiger partial charge in [-0.2, -0.15) is 0 Å². The average molecular weight is 451 g/mol. The molecule has 29 heavy (non-hydrogen) atoms. The summed E-state index contributed by atoms with van der Waals surface area (Å²) in [6, 6.07) is 0. The third kappa shape index (κ3) is 14.9. The Kier molecular flexibility index (Phi) is 19.4. The fourth-order valence-corrected chi connectivity index (χ4v) is 5.59. The van der Waals surface area contributed by atoms with Gasteiger partial charge in [0.2, 0.25) is 0 Å². The van der Waals surface area contributed by atoms with Crippen LogP contribution in [0.25, 0.3) is 0 Å². The molecular weight excluding hydrogens is 400 g/mol. The lowest BCUT2D eigenvalue weighted by molar-refractivity contribution is 0.0431. The van der Waals surface area contributed by atoms with Crippen molar-refractivity contribution < 1.29 is 13.3 Å². The molecule has 3 nitrogen and oxygen atoms in total. The molecule has 0 fully saturated rings. The molecule has 0 aliphatic heterocycles. The van der Waals surface area contributed by atoms with Gasteiger partial charge < -0.3 is 13.3 Å². The highest BCUT2D eigenvalue weighted by molar-refractivity contribution is 7.09. The van der Waals surface area contributed by atoms with Gasteiger partial charge >= 0.3 is 8.11 Å². The van der Waals surface area contributed by atoms with Crippen molar-refractivity contribution in [3.8, 4) is 0 Å². The van der Waals surface area contributed by atoms with Gasteiger partial charge in [0.25, 0.3) is 0 Å². The Bertz CT molecular complexity index is 307. The SMILES string of the molecule is CCCCC(CC)CO[Si](Cl)(OCC(CC)CCCC)OCC(CC)CCCC. The Morgan fingerprint density at radius 3 is 1.03 bits per heavy atom. The minimum atomic E-state index is -3.13. The maximum absolute atomic E-state index is 6.92.